The smallest absolute Gasteiger partial charge is 0.246 e. The van der Waals surface area contributed by atoms with Gasteiger partial charge in [-0.1, -0.05) is 116 Å². The SMILES string of the molecule is CC[C@@H](C)C(=O)N[C@H](C(=O)N1CCC[C@H]1CN(CCc1ccccc1)C(=O)CNC(=O)CCCCC(=O)NCC(=O)N(CCc1ccccc1)C[C@@H]1CCCN1C(=O)[C@@H](CC(=O)[C@H](C)NC)C(C)(C)C)C(C)(C)C. The molecule has 2 fully saturated rings. The minimum absolute atomic E-state index is 0.0180. The van der Waals surface area contributed by atoms with E-state index in [1.165, 1.54) is 0 Å². The average Bonchev–Trinajstić information content (AvgIpc) is 4.05. The quantitative estimate of drug-likeness (QED) is 0.0772. The average molecular weight is 1030 g/mol. The Morgan fingerprint density at radius 3 is 1.50 bits per heavy atom. The van der Waals surface area contributed by atoms with Crippen LogP contribution in [-0.4, -0.2) is 150 Å². The van der Waals surface area contributed by atoms with E-state index in [0.29, 0.717) is 77.8 Å². The molecule has 74 heavy (non-hydrogen) atoms. The number of hydrogen-bond donors (Lipinski definition) is 4. The van der Waals surface area contributed by atoms with Crippen molar-refractivity contribution in [3.63, 3.8) is 0 Å². The van der Waals surface area contributed by atoms with E-state index < -0.39 is 22.8 Å². The molecule has 2 aromatic carbocycles. The Kier molecular flexibility index (Phi) is 24.2. The van der Waals surface area contributed by atoms with Crippen LogP contribution < -0.4 is 21.3 Å². The number of hydrogen-bond acceptors (Lipinski definition) is 9. The number of nitrogens with one attached hydrogen (secondary N) is 4. The third-order valence-corrected chi connectivity index (χ3v) is 15.0. The molecule has 0 spiro atoms. The summed E-state index contributed by atoms with van der Waals surface area (Å²) in [6, 6.07) is 18.1. The van der Waals surface area contributed by atoms with E-state index >= 15 is 0 Å². The number of likely N-dealkylation sites (tertiary alicyclic amines) is 2. The van der Waals surface area contributed by atoms with Gasteiger partial charge in [-0.25, -0.2) is 0 Å². The molecular weight excluding hydrogens is 937 g/mol. The maximum Gasteiger partial charge on any atom is 0.246 e. The van der Waals surface area contributed by atoms with Crippen molar-refractivity contribution in [2.45, 2.75) is 164 Å². The molecule has 2 saturated heterocycles. The van der Waals surface area contributed by atoms with E-state index in [4.69, 9.17) is 0 Å². The van der Waals surface area contributed by atoms with Crippen molar-refractivity contribution < 1.29 is 38.4 Å². The molecule has 2 aromatic rings. The molecule has 2 aliphatic rings. The second-order valence-electron chi connectivity index (χ2n) is 22.8. The van der Waals surface area contributed by atoms with Gasteiger partial charge in [0.05, 0.1) is 19.1 Å². The Labute approximate surface area is 442 Å². The van der Waals surface area contributed by atoms with Gasteiger partial charge >= 0.3 is 0 Å². The summed E-state index contributed by atoms with van der Waals surface area (Å²) in [4.78, 5) is 116. The standard InChI is InChI=1S/C58H90N8O8/c1-11-41(2)54(72)62-53(58(7,8)9)56(74)66-33-21-27-46(66)40-64(35-31-44-24-16-13-17-25-44)52(71)38-61-50(69)29-19-18-28-49(68)60-37-51(70)63(34-30-43-22-14-12-15-23-43)39-45-26-20-32-65(45)55(73)47(57(4,5)6)36-48(67)42(3)59-10/h12-17,22-25,41-42,45-47,53,59H,11,18-21,26-40H2,1-10H3,(H,60,68)(H,61,69)(H,62,72)/t41-,42+,45+,46+,47-,53-/m1/s1. The van der Waals surface area contributed by atoms with E-state index in [1.807, 2.05) is 126 Å². The molecule has 6 atom stereocenters. The normalized spacial score (nSPS) is 17.4. The van der Waals surface area contributed by atoms with Gasteiger partial charge < -0.3 is 40.9 Å². The third-order valence-electron chi connectivity index (χ3n) is 15.0. The summed E-state index contributed by atoms with van der Waals surface area (Å²) in [7, 11) is 1.73. The molecule has 16 heteroatoms. The highest BCUT2D eigenvalue weighted by Gasteiger charge is 2.42. The maximum atomic E-state index is 14.2. The summed E-state index contributed by atoms with van der Waals surface area (Å²) < 4.78 is 0. The number of carbonyl (C=O) groups is 8. The highest BCUT2D eigenvalue weighted by atomic mass is 16.2. The fourth-order valence-electron chi connectivity index (χ4n) is 9.70. The number of amides is 7. The second kappa shape index (κ2) is 29.5. The van der Waals surface area contributed by atoms with E-state index in [9.17, 15) is 38.4 Å². The van der Waals surface area contributed by atoms with Gasteiger partial charge in [0.25, 0.3) is 0 Å². The summed E-state index contributed by atoms with van der Waals surface area (Å²) >= 11 is 0. The van der Waals surface area contributed by atoms with Crippen LogP contribution in [0.25, 0.3) is 0 Å². The molecule has 0 unspecified atom stereocenters. The van der Waals surface area contributed by atoms with Crippen LogP contribution in [0, 0.1) is 22.7 Å². The van der Waals surface area contributed by atoms with Gasteiger partial charge in [0, 0.05) is 82.5 Å². The van der Waals surface area contributed by atoms with Gasteiger partial charge in [-0.3, -0.25) is 38.4 Å². The molecule has 2 aliphatic heterocycles. The minimum atomic E-state index is -0.727. The molecule has 0 radical (unpaired) electrons. The number of unbranched alkanes of at least 4 members (excludes halogenated alkanes) is 1. The lowest BCUT2D eigenvalue weighted by atomic mass is 9.76. The lowest BCUT2D eigenvalue weighted by Crippen LogP contribution is -2.58. The van der Waals surface area contributed by atoms with E-state index in [0.717, 1.165) is 30.4 Å². The van der Waals surface area contributed by atoms with Crippen molar-refractivity contribution in [1.82, 2.24) is 40.9 Å². The van der Waals surface area contributed by atoms with Crippen LogP contribution in [0.1, 0.15) is 138 Å². The van der Waals surface area contributed by atoms with Crippen LogP contribution in [-0.2, 0) is 51.2 Å². The summed E-state index contributed by atoms with van der Waals surface area (Å²) in [5.74, 6) is -2.30. The molecule has 7 amide bonds. The van der Waals surface area contributed by atoms with Crippen molar-refractivity contribution in [2.24, 2.45) is 22.7 Å². The molecule has 2 heterocycles. The number of rotatable bonds is 28. The first kappa shape index (κ1) is 60.9. The van der Waals surface area contributed by atoms with Crippen molar-refractivity contribution in [3.05, 3.63) is 71.8 Å². The number of benzene rings is 2. The Morgan fingerprint density at radius 1 is 0.649 bits per heavy atom. The molecule has 410 valence electrons. The van der Waals surface area contributed by atoms with Crippen molar-refractivity contribution in [3.8, 4) is 0 Å². The topological polar surface area (TPSA) is 198 Å². The van der Waals surface area contributed by atoms with E-state index in [1.54, 1.807) is 23.8 Å². The molecule has 4 N–H and O–H groups in total. The zero-order chi connectivity index (χ0) is 54.6. The Bertz CT molecular complexity index is 2010. The van der Waals surface area contributed by atoms with Gasteiger partial charge in [0.2, 0.25) is 41.4 Å². The number of Topliss-reactive ketones (excluding diaryl/α,β-unsaturated/α-hetero) is 1. The Morgan fingerprint density at radius 2 is 1.09 bits per heavy atom. The summed E-state index contributed by atoms with van der Waals surface area (Å²) in [6.45, 7) is 19.4. The molecule has 16 nitrogen and oxygen atoms in total. The maximum absolute atomic E-state index is 14.2. The lowest BCUT2D eigenvalue weighted by molar-refractivity contribution is -0.144. The van der Waals surface area contributed by atoms with Crippen LogP contribution in [0.2, 0.25) is 0 Å². The first-order valence-electron chi connectivity index (χ1n) is 27.3. The molecule has 0 saturated carbocycles. The van der Waals surface area contributed by atoms with Crippen LogP contribution in [0.15, 0.2) is 60.7 Å². The summed E-state index contributed by atoms with van der Waals surface area (Å²) in [5.41, 5.74) is 1.13. The van der Waals surface area contributed by atoms with Gasteiger partial charge in [0.15, 0.2) is 0 Å². The van der Waals surface area contributed by atoms with Crippen molar-refractivity contribution in [1.29, 1.82) is 0 Å². The number of nitrogens with zero attached hydrogens (tertiary/aromatic N) is 4. The van der Waals surface area contributed by atoms with Crippen LogP contribution in [0.3, 0.4) is 0 Å². The van der Waals surface area contributed by atoms with E-state index in [-0.39, 0.29) is 104 Å². The predicted molar refractivity (Wildman–Crippen MR) is 289 cm³/mol. The zero-order valence-corrected chi connectivity index (χ0v) is 46.4. The highest BCUT2D eigenvalue weighted by Crippen LogP contribution is 2.34. The molecular formula is C58H90N8O8. The highest BCUT2D eigenvalue weighted by molar-refractivity contribution is 5.91. The number of carbonyl (C=O) groups excluding carboxylic acids is 8. The van der Waals surface area contributed by atoms with Crippen LogP contribution in [0.4, 0.5) is 0 Å². The van der Waals surface area contributed by atoms with Gasteiger partial charge in [-0.15, -0.1) is 0 Å². The first-order valence-corrected chi connectivity index (χ1v) is 27.3. The number of likely N-dealkylation sites (N-methyl/N-ethyl adjacent to an activating group) is 1. The number of ketones is 1. The molecule has 0 aliphatic carbocycles. The summed E-state index contributed by atoms with van der Waals surface area (Å²) in [6.07, 6.45) is 5.97. The van der Waals surface area contributed by atoms with Gasteiger partial charge in [-0.05, 0) is 93.7 Å². The van der Waals surface area contributed by atoms with Crippen molar-refractivity contribution >= 4 is 47.1 Å². The minimum Gasteiger partial charge on any atom is -0.347 e. The second-order valence-corrected chi connectivity index (χ2v) is 22.8. The Hall–Kier alpha value is -5.64. The van der Waals surface area contributed by atoms with Gasteiger partial charge in [0.1, 0.15) is 11.8 Å². The third kappa shape index (κ3) is 19.2. The molecule has 0 bridgehead atoms. The van der Waals surface area contributed by atoms with Crippen molar-refractivity contribution in [2.75, 3.05) is 59.4 Å². The zero-order valence-electron chi connectivity index (χ0n) is 46.4. The fraction of sp³-hybridized carbons (Fsp3) is 0.655. The first-order chi connectivity index (χ1) is 35.0. The summed E-state index contributed by atoms with van der Waals surface area (Å²) in [5, 5.41) is 11.6. The Balaban J connectivity index is 1.30. The van der Waals surface area contributed by atoms with Crippen LogP contribution in [0.5, 0.6) is 0 Å². The fourth-order valence-corrected chi connectivity index (χ4v) is 9.70. The monoisotopic (exact) mass is 1030 g/mol. The molecule has 0 aromatic heterocycles. The largest absolute Gasteiger partial charge is 0.347 e. The van der Waals surface area contributed by atoms with Crippen LogP contribution >= 0.6 is 0 Å². The predicted octanol–water partition coefficient (Wildman–Crippen LogP) is 5.71. The van der Waals surface area contributed by atoms with Gasteiger partial charge in [-0.2, -0.15) is 0 Å². The van der Waals surface area contributed by atoms with E-state index in [2.05, 4.69) is 21.3 Å². The lowest BCUT2D eigenvalue weighted by Gasteiger charge is -2.37. The molecule has 4 rings (SSSR count).